The topological polar surface area (TPSA) is 145 Å². The van der Waals surface area contributed by atoms with Gasteiger partial charge in [0.2, 0.25) is 11.9 Å². The fourth-order valence-electron chi connectivity index (χ4n) is 4.64. The van der Waals surface area contributed by atoms with E-state index in [1.807, 2.05) is 12.1 Å². The Morgan fingerprint density at radius 1 is 0.976 bits per heavy atom. The molecule has 1 aromatic heterocycles. The highest BCUT2D eigenvalue weighted by Gasteiger charge is 2.45. The van der Waals surface area contributed by atoms with E-state index in [1.54, 1.807) is 46.2 Å². The summed E-state index contributed by atoms with van der Waals surface area (Å²) in [5.41, 5.74) is 7.01. The highest BCUT2D eigenvalue weighted by molar-refractivity contribution is 6.30. The predicted octanol–water partition coefficient (Wildman–Crippen LogP) is 4.35. The van der Waals surface area contributed by atoms with E-state index in [0.717, 1.165) is 18.4 Å². The maximum atomic E-state index is 13.1. The first-order valence-corrected chi connectivity index (χ1v) is 13.6. The van der Waals surface area contributed by atoms with Crippen molar-refractivity contribution in [3.05, 3.63) is 64.7 Å². The molecule has 222 valence electrons. The molecule has 5 N–H and O–H groups in total. The Morgan fingerprint density at radius 2 is 1.62 bits per heavy atom. The van der Waals surface area contributed by atoms with Gasteiger partial charge in [0.25, 0.3) is 5.91 Å². The number of halogens is 4. The zero-order valence-electron chi connectivity index (χ0n) is 22.4. The van der Waals surface area contributed by atoms with Crippen molar-refractivity contribution >= 4 is 41.1 Å². The SMILES string of the molecule is N=C(N)N1CCCN(C(=O)c2ccc(Nc3nc(NC4(c5ccc(Cl)cc5)CC4)nc(OCC(F)(F)F)n3)cc2)CC1. The van der Waals surface area contributed by atoms with Crippen LogP contribution in [0, 0.1) is 5.41 Å². The number of nitrogens with one attached hydrogen (secondary N) is 3. The van der Waals surface area contributed by atoms with Crippen LogP contribution >= 0.6 is 11.6 Å². The lowest BCUT2D eigenvalue weighted by atomic mass is 10.1. The lowest BCUT2D eigenvalue weighted by molar-refractivity contribution is -0.154. The van der Waals surface area contributed by atoms with Gasteiger partial charge in [-0.25, -0.2) is 0 Å². The predicted molar refractivity (Wildman–Crippen MR) is 151 cm³/mol. The Hall–Kier alpha value is -4.33. The summed E-state index contributed by atoms with van der Waals surface area (Å²) >= 11 is 6.02. The highest BCUT2D eigenvalue weighted by atomic mass is 35.5. The van der Waals surface area contributed by atoms with Gasteiger partial charge >= 0.3 is 12.2 Å². The van der Waals surface area contributed by atoms with Crippen LogP contribution in [0.1, 0.15) is 35.2 Å². The summed E-state index contributed by atoms with van der Waals surface area (Å²) in [7, 11) is 0. The molecule has 1 aliphatic heterocycles. The monoisotopic (exact) mass is 603 g/mol. The van der Waals surface area contributed by atoms with Gasteiger partial charge < -0.3 is 30.9 Å². The van der Waals surface area contributed by atoms with E-state index in [-0.39, 0.29) is 23.8 Å². The van der Waals surface area contributed by atoms with Crippen LogP contribution in [0.5, 0.6) is 6.01 Å². The number of carbonyl (C=O) groups is 1. The van der Waals surface area contributed by atoms with Gasteiger partial charge in [0.15, 0.2) is 12.6 Å². The van der Waals surface area contributed by atoms with Crippen LogP contribution in [0.3, 0.4) is 0 Å². The van der Waals surface area contributed by atoms with Crippen molar-refractivity contribution in [2.24, 2.45) is 5.73 Å². The number of benzene rings is 2. The number of anilines is 3. The minimum atomic E-state index is -4.57. The standard InChI is InChI=1S/C27H29ClF3N9O2/c28-19-6-4-18(5-7-19)26(10-11-26)38-24-35-23(36-25(37-24)42-16-27(29,30)31)34-20-8-2-17(3-9-20)21(41)39-12-1-13-40(15-14-39)22(32)33/h2-9H,1,10-16H2,(H3,32,33)(H2,34,35,36,37,38). The van der Waals surface area contributed by atoms with Gasteiger partial charge in [0, 0.05) is 42.5 Å². The zero-order valence-corrected chi connectivity index (χ0v) is 23.2. The van der Waals surface area contributed by atoms with E-state index in [4.69, 9.17) is 27.5 Å². The third-order valence-electron chi connectivity index (χ3n) is 6.99. The molecule has 15 heteroatoms. The molecule has 2 fully saturated rings. The fourth-order valence-corrected chi connectivity index (χ4v) is 4.77. The number of ether oxygens (including phenoxy) is 1. The Bertz CT molecular complexity index is 1430. The van der Waals surface area contributed by atoms with Crippen LogP contribution in [0.4, 0.5) is 30.8 Å². The largest absolute Gasteiger partial charge is 0.454 e. The van der Waals surface area contributed by atoms with Gasteiger partial charge in [-0.2, -0.15) is 28.1 Å². The van der Waals surface area contributed by atoms with Crippen LogP contribution in [-0.2, 0) is 5.54 Å². The number of alkyl halides is 3. The van der Waals surface area contributed by atoms with E-state index in [1.165, 1.54) is 0 Å². The molecule has 2 aromatic carbocycles. The molecule has 1 aliphatic carbocycles. The molecule has 0 atom stereocenters. The summed E-state index contributed by atoms with van der Waals surface area (Å²) in [6.07, 6.45) is -2.35. The summed E-state index contributed by atoms with van der Waals surface area (Å²) < 4.78 is 43.4. The van der Waals surface area contributed by atoms with E-state index >= 15 is 0 Å². The van der Waals surface area contributed by atoms with Crippen molar-refractivity contribution in [2.45, 2.75) is 31.0 Å². The van der Waals surface area contributed by atoms with Gasteiger partial charge in [0.1, 0.15) is 0 Å². The fraction of sp³-hybridized carbons (Fsp3) is 0.370. The van der Waals surface area contributed by atoms with E-state index in [9.17, 15) is 18.0 Å². The molecule has 11 nitrogen and oxygen atoms in total. The molecule has 0 bridgehead atoms. The first-order valence-electron chi connectivity index (χ1n) is 13.2. The van der Waals surface area contributed by atoms with Crippen LogP contribution in [-0.4, -0.2) is 75.6 Å². The number of nitrogens with two attached hydrogens (primary N) is 1. The molecule has 0 unspecified atom stereocenters. The van der Waals surface area contributed by atoms with Gasteiger partial charge in [-0.15, -0.1) is 0 Å². The van der Waals surface area contributed by atoms with Crippen molar-refractivity contribution in [3.8, 4) is 6.01 Å². The lowest BCUT2D eigenvalue weighted by Gasteiger charge is -2.22. The van der Waals surface area contributed by atoms with Crippen LogP contribution in [0.2, 0.25) is 5.02 Å². The Balaban J connectivity index is 1.31. The Labute approximate surface area is 244 Å². The molecule has 42 heavy (non-hydrogen) atoms. The maximum absolute atomic E-state index is 13.1. The van der Waals surface area contributed by atoms with E-state index in [2.05, 4.69) is 25.6 Å². The quantitative estimate of drug-likeness (QED) is 0.218. The third-order valence-corrected chi connectivity index (χ3v) is 7.24. The number of hydrogen-bond donors (Lipinski definition) is 4. The summed E-state index contributed by atoms with van der Waals surface area (Å²) in [6.45, 7) is 0.517. The van der Waals surface area contributed by atoms with Crippen molar-refractivity contribution in [2.75, 3.05) is 43.4 Å². The molecule has 5 rings (SSSR count). The van der Waals surface area contributed by atoms with Crippen molar-refractivity contribution in [3.63, 3.8) is 0 Å². The van der Waals surface area contributed by atoms with Crippen LogP contribution < -0.4 is 21.1 Å². The second-order valence-corrected chi connectivity index (χ2v) is 10.5. The van der Waals surface area contributed by atoms with Crippen molar-refractivity contribution in [1.29, 1.82) is 5.41 Å². The number of hydrogen-bond acceptors (Lipinski definition) is 8. The van der Waals surface area contributed by atoms with Gasteiger partial charge in [-0.3, -0.25) is 10.2 Å². The van der Waals surface area contributed by atoms with E-state index < -0.39 is 24.3 Å². The number of aromatic nitrogens is 3. The minimum Gasteiger partial charge on any atom is -0.454 e. The highest BCUT2D eigenvalue weighted by Crippen LogP contribution is 2.48. The molecular formula is C27H29ClF3N9O2. The first-order chi connectivity index (χ1) is 20.0. The summed E-state index contributed by atoms with van der Waals surface area (Å²) in [5.74, 6) is -0.156. The molecule has 1 saturated heterocycles. The third kappa shape index (κ3) is 7.29. The summed E-state index contributed by atoms with van der Waals surface area (Å²) in [4.78, 5) is 28.9. The molecule has 0 spiro atoms. The zero-order chi connectivity index (χ0) is 29.9. The number of carbonyl (C=O) groups excluding carboxylic acids is 1. The summed E-state index contributed by atoms with van der Waals surface area (Å²) in [5, 5.41) is 14.4. The number of nitrogens with zero attached hydrogens (tertiary/aromatic N) is 5. The summed E-state index contributed by atoms with van der Waals surface area (Å²) in [6, 6.07) is 13.4. The number of rotatable bonds is 8. The van der Waals surface area contributed by atoms with Crippen LogP contribution in [0.15, 0.2) is 48.5 Å². The van der Waals surface area contributed by atoms with Crippen molar-refractivity contribution < 1.29 is 22.7 Å². The Kier molecular flexibility index (Phi) is 8.25. The first kappa shape index (κ1) is 29.2. The molecule has 3 aromatic rings. The minimum absolute atomic E-state index is 0.0133. The maximum Gasteiger partial charge on any atom is 0.422 e. The molecule has 0 radical (unpaired) electrons. The van der Waals surface area contributed by atoms with E-state index in [0.29, 0.717) is 48.9 Å². The molecule has 2 aliphatic rings. The van der Waals surface area contributed by atoms with Gasteiger partial charge in [-0.1, -0.05) is 23.7 Å². The van der Waals surface area contributed by atoms with Crippen molar-refractivity contribution in [1.82, 2.24) is 24.8 Å². The molecule has 1 amide bonds. The second kappa shape index (κ2) is 11.9. The number of guanidine groups is 1. The molecule has 2 heterocycles. The second-order valence-electron chi connectivity index (χ2n) is 10.1. The average molecular weight is 604 g/mol. The smallest absolute Gasteiger partial charge is 0.422 e. The Morgan fingerprint density at radius 3 is 2.26 bits per heavy atom. The average Bonchev–Trinajstić information content (AvgIpc) is 3.76. The molecule has 1 saturated carbocycles. The number of amides is 1. The normalized spacial score (nSPS) is 16.4. The van der Waals surface area contributed by atoms with Gasteiger partial charge in [0.05, 0.1) is 5.54 Å². The van der Waals surface area contributed by atoms with Crippen LogP contribution in [0.25, 0.3) is 0 Å². The van der Waals surface area contributed by atoms with Gasteiger partial charge in [-0.05, 0) is 61.2 Å². The lowest BCUT2D eigenvalue weighted by Crippen LogP contribution is -2.40. The molecular weight excluding hydrogens is 575 g/mol.